The Bertz CT molecular complexity index is 884. The molecule has 0 aromatic carbocycles. The van der Waals surface area contributed by atoms with Gasteiger partial charge >= 0.3 is 0 Å². The molecular formula is C19H18N2O2S3. The molecule has 1 aliphatic rings. The zero-order valence-corrected chi connectivity index (χ0v) is 16.5. The van der Waals surface area contributed by atoms with Crippen LogP contribution in [0.3, 0.4) is 0 Å². The first-order chi connectivity index (χ1) is 12.7. The van der Waals surface area contributed by atoms with E-state index in [-0.39, 0.29) is 17.9 Å². The zero-order chi connectivity index (χ0) is 17.9. The molecule has 2 amide bonds. The molecule has 1 aliphatic heterocycles. The van der Waals surface area contributed by atoms with E-state index in [2.05, 4.69) is 28.2 Å². The number of rotatable bonds is 5. The van der Waals surface area contributed by atoms with E-state index in [0.717, 1.165) is 13.0 Å². The molecule has 26 heavy (non-hydrogen) atoms. The summed E-state index contributed by atoms with van der Waals surface area (Å²) >= 11 is 4.86. The van der Waals surface area contributed by atoms with Crippen LogP contribution in [0.4, 0.5) is 0 Å². The number of hydrogen-bond acceptors (Lipinski definition) is 5. The summed E-state index contributed by atoms with van der Waals surface area (Å²) < 4.78 is 0. The Morgan fingerprint density at radius 3 is 2.69 bits per heavy atom. The number of carbonyl (C=O) groups is 2. The Morgan fingerprint density at radius 2 is 1.92 bits per heavy atom. The standard InChI is InChI=1S/C19H18N2O2S3/c22-17(5-8-20-19(23)16-4-2-11-25-16)21-9-6-14-13(7-12-26-14)18(21)15-3-1-10-24-15/h1-4,7,10-12,18H,5-6,8-9H2,(H,20,23). The summed E-state index contributed by atoms with van der Waals surface area (Å²) in [7, 11) is 0. The number of nitrogens with zero attached hydrogens (tertiary/aromatic N) is 1. The second kappa shape index (κ2) is 7.73. The summed E-state index contributed by atoms with van der Waals surface area (Å²) in [5, 5.41) is 8.89. The third-order valence-corrected chi connectivity index (χ3v) is 7.26. The summed E-state index contributed by atoms with van der Waals surface area (Å²) in [5.41, 5.74) is 1.25. The highest BCUT2D eigenvalue weighted by molar-refractivity contribution is 7.12. The fraction of sp³-hybridized carbons (Fsp3) is 0.263. The van der Waals surface area contributed by atoms with Crippen LogP contribution in [0.1, 0.15) is 37.5 Å². The minimum atomic E-state index is -0.110. The average Bonchev–Trinajstić information content (AvgIpc) is 3.42. The minimum Gasteiger partial charge on any atom is -0.351 e. The van der Waals surface area contributed by atoms with Crippen molar-refractivity contribution < 1.29 is 9.59 Å². The van der Waals surface area contributed by atoms with Crippen molar-refractivity contribution in [3.8, 4) is 0 Å². The molecule has 0 spiro atoms. The van der Waals surface area contributed by atoms with Gasteiger partial charge in [-0.1, -0.05) is 12.1 Å². The van der Waals surface area contributed by atoms with Gasteiger partial charge in [-0.15, -0.1) is 34.0 Å². The molecule has 3 aromatic rings. The summed E-state index contributed by atoms with van der Waals surface area (Å²) in [4.78, 5) is 30.1. The first kappa shape index (κ1) is 17.5. The Kier molecular flexibility index (Phi) is 5.19. The van der Waals surface area contributed by atoms with E-state index >= 15 is 0 Å². The number of carbonyl (C=O) groups excluding carboxylic acids is 2. The molecule has 0 saturated carbocycles. The van der Waals surface area contributed by atoms with Gasteiger partial charge in [-0.3, -0.25) is 9.59 Å². The largest absolute Gasteiger partial charge is 0.351 e. The molecule has 0 fully saturated rings. The van der Waals surface area contributed by atoms with Crippen LogP contribution < -0.4 is 5.32 Å². The van der Waals surface area contributed by atoms with Gasteiger partial charge in [0.05, 0.1) is 10.9 Å². The van der Waals surface area contributed by atoms with Crippen LogP contribution in [0.15, 0.2) is 46.5 Å². The molecule has 0 aliphatic carbocycles. The van der Waals surface area contributed by atoms with Crippen LogP contribution in [-0.4, -0.2) is 29.8 Å². The fourth-order valence-electron chi connectivity index (χ4n) is 3.26. The topological polar surface area (TPSA) is 49.4 Å². The van der Waals surface area contributed by atoms with Crippen molar-refractivity contribution in [3.63, 3.8) is 0 Å². The monoisotopic (exact) mass is 402 g/mol. The maximum atomic E-state index is 12.9. The summed E-state index contributed by atoms with van der Waals surface area (Å²) in [6.45, 7) is 1.09. The van der Waals surface area contributed by atoms with Gasteiger partial charge in [0, 0.05) is 29.3 Å². The first-order valence-electron chi connectivity index (χ1n) is 8.45. The molecule has 0 saturated heterocycles. The predicted molar refractivity (Wildman–Crippen MR) is 107 cm³/mol. The Morgan fingerprint density at radius 1 is 1.08 bits per heavy atom. The smallest absolute Gasteiger partial charge is 0.261 e. The molecule has 4 nitrogen and oxygen atoms in total. The molecule has 4 heterocycles. The van der Waals surface area contributed by atoms with Gasteiger partial charge in [0.1, 0.15) is 0 Å². The van der Waals surface area contributed by atoms with Crippen molar-refractivity contribution in [3.05, 3.63) is 66.7 Å². The lowest BCUT2D eigenvalue weighted by Gasteiger charge is -2.35. The van der Waals surface area contributed by atoms with Gasteiger partial charge < -0.3 is 10.2 Å². The maximum absolute atomic E-state index is 12.9. The van der Waals surface area contributed by atoms with E-state index in [1.807, 2.05) is 22.4 Å². The summed E-state index contributed by atoms with van der Waals surface area (Å²) in [6.07, 6.45) is 1.22. The normalized spacial score (nSPS) is 16.3. The van der Waals surface area contributed by atoms with E-state index in [1.54, 1.807) is 28.7 Å². The quantitative estimate of drug-likeness (QED) is 0.696. The van der Waals surface area contributed by atoms with E-state index < -0.39 is 0 Å². The molecule has 4 rings (SSSR count). The van der Waals surface area contributed by atoms with Crippen molar-refractivity contribution in [2.24, 2.45) is 0 Å². The van der Waals surface area contributed by atoms with Crippen LogP contribution in [0.5, 0.6) is 0 Å². The van der Waals surface area contributed by atoms with Gasteiger partial charge in [0.25, 0.3) is 5.91 Å². The fourth-order valence-corrected chi connectivity index (χ4v) is 5.66. The molecule has 7 heteroatoms. The maximum Gasteiger partial charge on any atom is 0.261 e. The zero-order valence-electron chi connectivity index (χ0n) is 14.0. The highest BCUT2D eigenvalue weighted by Gasteiger charge is 2.33. The lowest BCUT2D eigenvalue weighted by molar-refractivity contribution is -0.133. The molecule has 134 valence electrons. The molecule has 0 bridgehead atoms. The van der Waals surface area contributed by atoms with Crippen molar-refractivity contribution in [1.82, 2.24) is 10.2 Å². The SMILES string of the molecule is O=C(NCCC(=O)N1CCc2sccc2C1c1cccs1)c1cccs1. The average molecular weight is 403 g/mol. The van der Waals surface area contributed by atoms with Gasteiger partial charge in [0.15, 0.2) is 0 Å². The van der Waals surface area contributed by atoms with E-state index in [9.17, 15) is 9.59 Å². The van der Waals surface area contributed by atoms with Gasteiger partial charge in [0.2, 0.25) is 5.91 Å². The van der Waals surface area contributed by atoms with Crippen LogP contribution in [-0.2, 0) is 11.2 Å². The van der Waals surface area contributed by atoms with Crippen LogP contribution in [0.25, 0.3) is 0 Å². The minimum absolute atomic E-state index is 0.00509. The van der Waals surface area contributed by atoms with Gasteiger partial charge in [-0.25, -0.2) is 0 Å². The number of amides is 2. The number of nitrogens with one attached hydrogen (secondary N) is 1. The molecular weight excluding hydrogens is 384 g/mol. The van der Waals surface area contributed by atoms with Crippen molar-refractivity contribution in [1.29, 1.82) is 0 Å². The Hall–Kier alpha value is -1.96. The molecule has 3 aromatic heterocycles. The third-order valence-electron chi connectivity index (χ3n) is 4.47. The Balaban J connectivity index is 1.44. The second-order valence-electron chi connectivity index (χ2n) is 6.04. The van der Waals surface area contributed by atoms with Crippen LogP contribution >= 0.6 is 34.0 Å². The number of hydrogen-bond donors (Lipinski definition) is 1. The lowest BCUT2D eigenvalue weighted by Crippen LogP contribution is -2.41. The van der Waals surface area contributed by atoms with Crippen molar-refractivity contribution in [2.45, 2.75) is 18.9 Å². The predicted octanol–water partition coefficient (Wildman–Crippen LogP) is 4.17. The third kappa shape index (κ3) is 3.47. The summed E-state index contributed by atoms with van der Waals surface area (Å²) in [5.74, 6) is -0.0203. The van der Waals surface area contributed by atoms with E-state index in [0.29, 0.717) is 17.8 Å². The van der Waals surface area contributed by atoms with Crippen molar-refractivity contribution >= 4 is 45.8 Å². The van der Waals surface area contributed by atoms with Crippen LogP contribution in [0.2, 0.25) is 0 Å². The number of fused-ring (bicyclic) bond motifs is 1. The highest BCUT2D eigenvalue weighted by Crippen LogP contribution is 2.39. The van der Waals surface area contributed by atoms with E-state index in [1.165, 1.54) is 26.7 Å². The molecule has 0 radical (unpaired) electrons. The second-order valence-corrected chi connectivity index (χ2v) is 8.97. The van der Waals surface area contributed by atoms with Gasteiger partial charge in [-0.05, 0) is 46.3 Å². The number of thiophene rings is 3. The molecule has 1 atom stereocenters. The van der Waals surface area contributed by atoms with Gasteiger partial charge in [-0.2, -0.15) is 0 Å². The molecule has 1 unspecified atom stereocenters. The Labute approximate surface area is 164 Å². The van der Waals surface area contributed by atoms with E-state index in [4.69, 9.17) is 0 Å². The molecule has 1 N–H and O–H groups in total. The highest BCUT2D eigenvalue weighted by atomic mass is 32.1. The van der Waals surface area contributed by atoms with Crippen molar-refractivity contribution in [2.75, 3.05) is 13.1 Å². The first-order valence-corrected chi connectivity index (χ1v) is 11.1. The summed E-state index contributed by atoms with van der Waals surface area (Å²) in [6, 6.07) is 9.92. The lowest BCUT2D eigenvalue weighted by atomic mass is 9.98. The van der Waals surface area contributed by atoms with Crippen LogP contribution in [0, 0.1) is 0 Å².